The Morgan fingerprint density at radius 1 is 1.14 bits per heavy atom. The second-order valence-electron chi connectivity index (χ2n) is 2.67. The van der Waals surface area contributed by atoms with Gasteiger partial charge in [-0.2, -0.15) is 8.42 Å². The van der Waals surface area contributed by atoms with E-state index in [9.17, 15) is 18.0 Å². The fourth-order valence-corrected chi connectivity index (χ4v) is 1.60. The maximum atomic E-state index is 10.6. The van der Waals surface area contributed by atoms with Crippen molar-refractivity contribution >= 4 is 22.1 Å². The third-order valence-corrected chi connectivity index (χ3v) is 2.75. The van der Waals surface area contributed by atoms with Gasteiger partial charge < -0.3 is 10.2 Å². The molecule has 3 N–H and O–H groups in total. The summed E-state index contributed by atoms with van der Waals surface area (Å²) in [7, 11) is -4.50. The van der Waals surface area contributed by atoms with Crippen LogP contribution in [0.2, 0.25) is 0 Å². The summed E-state index contributed by atoms with van der Waals surface area (Å²) in [5, 5.41) is 15.0. The van der Waals surface area contributed by atoms with Gasteiger partial charge in [-0.3, -0.25) is 14.1 Å². The number of hydrogen-bond donors (Lipinski definition) is 3. The Bertz CT molecular complexity index is 317. The number of carbonyl (C=O) groups is 2. The standard InChI is InChI=1S/C6H10O7S/c7-5(8)2-1-4(3-6(9)10)14(11,12)13/h4H,1-3H2,(H,7,8)(H,9,10)(H,11,12,13). The van der Waals surface area contributed by atoms with Gasteiger partial charge >= 0.3 is 11.9 Å². The lowest BCUT2D eigenvalue weighted by molar-refractivity contribution is -0.139. The number of carboxylic acids is 2. The first-order chi connectivity index (χ1) is 6.23. The molecule has 0 bridgehead atoms. The van der Waals surface area contributed by atoms with E-state index < -0.39 is 46.6 Å². The number of hydrogen-bond acceptors (Lipinski definition) is 4. The van der Waals surface area contributed by atoms with E-state index in [-0.39, 0.29) is 0 Å². The fraction of sp³-hybridized carbons (Fsp3) is 0.667. The van der Waals surface area contributed by atoms with Crippen LogP contribution >= 0.6 is 0 Å². The maximum absolute atomic E-state index is 10.6. The summed E-state index contributed by atoms with van der Waals surface area (Å²) in [6.45, 7) is 0. The van der Waals surface area contributed by atoms with E-state index in [2.05, 4.69) is 0 Å². The topological polar surface area (TPSA) is 129 Å². The van der Waals surface area contributed by atoms with E-state index in [1.165, 1.54) is 0 Å². The summed E-state index contributed by atoms with van der Waals surface area (Å²) in [4.78, 5) is 20.3. The van der Waals surface area contributed by atoms with Crippen LogP contribution in [-0.2, 0) is 19.7 Å². The molecule has 0 fully saturated rings. The zero-order valence-electron chi connectivity index (χ0n) is 7.08. The van der Waals surface area contributed by atoms with Crippen LogP contribution in [0.5, 0.6) is 0 Å². The molecule has 0 aromatic heterocycles. The number of aliphatic carboxylic acids is 2. The van der Waals surface area contributed by atoms with Crippen LogP contribution in [0.4, 0.5) is 0 Å². The van der Waals surface area contributed by atoms with Crippen molar-refractivity contribution in [3.05, 3.63) is 0 Å². The van der Waals surface area contributed by atoms with E-state index in [1.54, 1.807) is 0 Å². The average Bonchev–Trinajstić information content (AvgIpc) is 1.94. The molecule has 0 aliphatic rings. The predicted octanol–water partition coefficient (Wildman–Crippen LogP) is -0.418. The molecule has 0 aromatic carbocycles. The molecule has 0 saturated heterocycles. The molecule has 0 aliphatic heterocycles. The molecule has 0 rings (SSSR count). The van der Waals surface area contributed by atoms with Gasteiger partial charge in [0.1, 0.15) is 0 Å². The summed E-state index contributed by atoms with van der Waals surface area (Å²) < 4.78 is 29.7. The van der Waals surface area contributed by atoms with Crippen LogP contribution in [0.15, 0.2) is 0 Å². The van der Waals surface area contributed by atoms with Crippen LogP contribution in [0.3, 0.4) is 0 Å². The molecule has 14 heavy (non-hydrogen) atoms. The highest BCUT2D eigenvalue weighted by atomic mass is 32.2. The van der Waals surface area contributed by atoms with Crippen LogP contribution in [0.1, 0.15) is 19.3 Å². The lowest BCUT2D eigenvalue weighted by Crippen LogP contribution is -2.24. The molecule has 8 heteroatoms. The second kappa shape index (κ2) is 4.91. The average molecular weight is 226 g/mol. The Hall–Kier alpha value is -1.15. The van der Waals surface area contributed by atoms with Gasteiger partial charge in [0, 0.05) is 6.42 Å². The van der Waals surface area contributed by atoms with Gasteiger partial charge in [0.2, 0.25) is 0 Å². The van der Waals surface area contributed by atoms with Gasteiger partial charge in [-0.1, -0.05) is 0 Å². The maximum Gasteiger partial charge on any atom is 0.304 e. The second-order valence-corrected chi connectivity index (χ2v) is 4.36. The molecular formula is C6H10O7S. The Morgan fingerprint density at radius 3 is 1.93 bits per heavy atom. The van der Waals surface area contributed by atoms with Crippen LogP contribution in [0, 0.1) is 0 Å². The van der Waals surface area contributed by atoms with Gasteiger partial charge in [-0.05, 0) is 6.42 Å². The SMILES string of the molecule is O=C(O)CCC(CC(=O)O)S(=O)(=O)O. The van der Waals surface area contributed by atoms with Crippen molar-refractivity contribution in [1.29, 1.82) is 0 Å². The first-order valence-corrected chi connectivity index (χ1v) is 5.13. The Labute approximate surface area is 80.1 Å². The largest absolute Gasteiger partial charge is 0.481 e. The van der Waals surface area contributed by atoms with Gasteiger partial charge in [0.25, 0.3) is 10.1 Å². The number of rotatable bonds is 6. The van der Waals surface area contributed by atoms with Gasteiger partial charge in [-0.25, -0.2) is 0 Å². The Morgan fingerprint density at radius 2 is 1.64 bits per heavy atom. The molecule has 82 valence electrons. The van der Waals surface area contributed by atoms with Crippen molar-refractivity contribution < 1.29 is 32.8 Å². The van der Waals surface area contributed by atoms with E-state index in [4.69, 9.17) is 14.8 Å². The minimum atomic E-state index is -4.50. The predicted molar refractivity (Wildman–Crippen MR) is 44.5 cm³/mol. The molecular weight excluding hydrogens is 216 g/mol. The van der Waals surface area contributed by atoms with E-state index in [0.717, 1.165) is 0 Å². The van der Waals surface area contributed by atoms with Gasteiger partial charge in [0.15, 0.2) is 0 Å². The normalized spacial score (nSPS) is 13.5. The summed E-state index contributed by atoms with van der Waals surface area (Å²) in [6.07, 6.45) is -1.72. The highest BCUT2D eigenvalue weighted by Crippen LogP contribution is 2.11. The molecule has 0 radical (unpaired) electrons. The number of carboxylic acid groups (broad SMARTS) is 2. The zero-order chi connectivity index (χ0) is 11.4. The molecule has 0 heterocycles. The summed E-state index contributed by atoms with van der Waals surface area (Å²) in [6, 6.07) is 0. The first-order valence-electron chi connectivity index (χ1n) is 3.63. The molecule has 1 unspecified atom stereocenters. The Balaban J connectivity index is 4.42. The van der Waals surface area contributed by atoms with Crippen LogP contribution < -0.4 is 0 Å². The summed E-state index contributed by atoms with van der Waals surface area (Å²) >= 11 is 0. The summed E-state index contributed by atoms with van der Waals surface area (Å²) in [5.41, 5.74) is 0. The van der Waals surface area contributed by atoms with Crippen molar-refractivity contribution in [3.8, 4) is 0 Å². The minimum absolute atomic E-state index is 0.416. The van der Waals surface area contributed by atoms with E-state index in [1.807, 2.05) is 0 Å². The molecule has 1 atom stereocenters. The van der Waals surface area contributed by atoms with Crippen molar-refractivity contribution in [1.82, 2.24) is 0 Å². The zero-order valence-corrected chi connectivity index (χ0v) is 7.90. The highest BCUT2D eigenvalue weighted by molar-refractivity contribution is 7.86. The molecule has 0 aromatic rings. The van der Waals surface area contributed by atoms with Crippen molar-refractivity contribution in [2.75, 3.05) is 0 Å². The molecule has 7 nitrogen and oxygen atoms in total. The third-order valence-electron chi connectivity index (χ3n) is 1.50. The van der Waals surface area contributed by atoms with Crippen molar-refractivity contribution in [2.45, 2.75) is 24.5 Å². The molecule has 0 aliphatic carbocycles. The van der Waals surface area contributed by atoms with Crippen molar-refractivity contribution in [3.63, 3.8) is 0 Å². The monoisotopic (exact) mass is 226 g/mol. The molecule has 0 spiro atoms. The van der Waals surface area contributed by atoms with Gasteiger partial charge in [0.05, 0.1) is 11.7 Å². The molecule has 0 saturated carbocycles. The lowest BCUT2D eigenvalue weighted by Gasteiger charge is -2.09. The first kappa shape index (κ1) is 12.8. The molecule has 0 amide bonds. The quantitative estimate of drug-likeness (QED) is 0.524. The highest BCUT2D eigenvalue weighted by Gasteiger charge is 2.26. The van der Waals surface area contributed by atoms with E-state index in [0.29, 0.717) is 0 Å². The summed E-state index contributed by atoms with van der Waals surface area (Å²) in [5.74, 6) is -2.65. The smallest absolute Gasteiger partial charge is 0.304 e. The van der Waals surface area contributed by atoms with Gasteiger partial charge in [-0.15, -0.1) is 0 Å². The van der Waals surface area contributed by atoms with Crippen LogP contribution in [0.25, 0.3) is 0 Å². The Kier molecular flexibility index (Phi) is 4.51. The van der Waals surface area contributed by atoms with Crippen molar-refractivity contribution in [2.24, 2.45) is 0 Å². The third kappa shape index (κ3) is 5.49. The lowest BCUT2D eigenvalue weighted by atomic mass is 10.2. The van der Waals surface area contributed by atoms with E-state index >= 15 is 0 Å². The fourth-order valence-electron chi connectivity index (χ4n) is 0.836. The van der Waals surface area contributed by atoms with Crippen LogP contribution in [-0.4, -0.2) is 40.4 Å². The minimum Gasteiger partial charge on any atom is -0.481 e.